The standard InChI is InChI=1S/C16H10F3N3O4/c17-16(18,19)9-2-1-3-10(4-9)26-14-7-25-6-11(14)12(23)5-13(24)15-20-8-21-22-15/h1-8,23H,(H,20,21,22). The van der Waals surface area contributed by atoms with Crippen LogP contribution in [0.1, 0.15) is 21.7 Å². The lowest BCUT2D eigenvalue weighted by Crippen LogP contribution is -2.04. The number of halogens is 3. The van der Waals surface area contributed by atoms with Gasteiger partial charge in [0.1, 0.15) is 30.4 Å². The van der Waals surface area contributed by atoms with Crippen LogP contribution in [0, 0.1) is 0 Å². The number of alkyl halides is 3. The summed E-state index contributed by atoms with van der Waals surface area (Å²) in [6.07, 6.45) is -0.381. The fourth-order valence-electron chi connectivity index (χ4n) is 2.01. The molecule has 0 atom stereocenters. The largest absolute Gasteiger partial charge is 0.507 e. The molecule has 0 aliphatic heterocycles. The minimum atomic E-state index is -4.52. The number of allylic oxidation sites excluding steroid dienone is 1. The lowest BCUT2D eigenvalue weighted by atomic mass is 10.2. The van der Waals surface area contributed by atoms with Crippen LogP contribution >= 0.6 is 0 Å². The van der Waals surface area contributed by atoms with Crippen molar-refractivity contribution in [1.82, 2.24) is 15.2 Å². The highest BCUT2D eigenvalue weighted by Crippen LogP contribution is 2.35. The summed E-state index contributed by atoms with van der Waals surface area (Å²) in [4.78, 5) is 15.5. The molecule has 0 fully saturated rings. The van der Waals surface area contributed by atoms with Crippen molar-refractivity contribution < 1.29 is 32.2 Å². The van der Waals surface area contributed by atoms with E-state index in [4.69, 9.17) is 9.15 Å². The molecule has 3 rings (SSSR count). The van der Waals surface area contributed by atoms with E-state index in [1.807, 2.05) is 0 Å². The Bertz CT molecular complexity index is 946. The number of furan rings is 1. The first-order valence-electron chi connectivity index (χ1n) is 7.06. The Kier molecular flexibility index (Phi) is 4.48. The summed E-state index contributed by atoms with van der Waals surface area (Å²) < 4.78 is 48.5. The first-order chi connectivity index (χ1) is 12.3. The molecule has 0 aliphatic rings. The smallest absolute Gasteiger partial charge is 0.416 e. The van der Waals surface area contributed by atoms with Gasteiger partial charge in [0.15, 0.2) is 11.6 Å². The molecule has 0 saturated heterocycles. The Morgan fingerprint density at radius 3 is 2.81 bits per heavy atom. The Balaban J connectivity index is 1.84. The molecule has 2 N–H and O–H groups in total. The zero-order valence-electron chi connectivity index (χ0n) is 12.8. The molecule has 1 aromatic carbocycles. The number of aromatic nitrogens is 3. The van der Waals surface area contributed by atoms with Gasteiger partial charge in [-0.3, -0.25) is 9.89 Å². The molecular weight excluding hydrogens is 355 g/mol. The summed E-state index contributed by atoms with van der Waals surface area (Å²) in [5.74, 6) is -1.45. The first kappa shape index (κ1) is 17.3. The summed E-state index contributed by atoms with van der Waals surface area (Å²) in [5, 5.41) is 15.9. The number of nitrogens with one attached hydrogen (secondary N) is 1. The highest BCUT2D eigenvalue weighted by molar-refractivity contribution is 6.05. The van der Waals surface area contributed by atoms with Crippen LogP contribution in [0.25, 0.3) is 5.76 Å². The summed E-state index contributed by atoms with van der Waals surface area (Å²) >= 11 is 0. The number of carbonyl (C=O) groups is 1. The second-order valence-electron chi connectivity index (χ2n) is 5.01. The van der Waals surface area contributed by atoms with Crippen molar-refractivity contribution in [2.24, 2.45) is 0 Å². The summed E-state index contributed by atoms with van der Waals surface area (Å²) in [6.45, 7) is 0. The third kappa shape index (κ3) is 3.74. The molecule has 0 bridgehead atoms. The van der Waals surface area contributed by atoms with Crippen molar-refractivity contribution in [2.45, 2.75) is 6.18 Å². The Hall–Kier alpha value is -3.56. The molecule has 26 heavy (non-hydrogen) atoms. The number of rotatable bonds is 5. The molecule has 134 valence electrons. The minimum absolute atomic E-state index is 0.0183. The number of aromatic amines is 1. The number of aliphatic hydroxyl groups excluding tert-OH is 1. The quantitative estimate of drug-likeness (QED) is 0.403. The Morgan fingerprint density at radius 2 is 2.12 bits per heavy atom. The normalized spacial score (nSPS) is 12.2. The zero-order chi connectivity index (χ0) is 18.7. The molecule has 3 aromatic rings. The van der Waals surface area contributed by atoms with Gasteiger partial charge < -0.3 is 14.3 Å². The van der Waals surface area contributed by atoms with Gasteiger partial charge in [-0.2, -0.15) is 18.3 Å². The van der Waals surface area contributed by atoms with Crippen LogP contribution in [0.3, 0.4) is 0 Å². The van der Waals surface area contributed by atoms with E-state index in [0.717, 1.165) is 37.1 Å². The van der Waals surface area contributed by atoms with E-state index >= 15 is 0 Å². The average Bonchev–Trinajstić information content (AvgIpc) is 3.26. The molecule has 0 aliphatic carbocycles. The van der Waals surface area contributed by atoms with Crippen LogP contribution in [0.2, 0.25) is 0 Å². The van der Waals surface area contributed by atoms with Crippen molar-refractivity contribution in [2.75, 3.05) is 0 Å². The molecule has 0 spiro atoms. The number of benzene rings is 1. The van der Waals surface area contributed by atoms with Crippen molar-refractivity contribution in [3.8, 4) is 11.5 Å². The highest BCUT2D eigenvalue weighted by atomic mass is 19.4. The van der Waals surface area contributed by atoms with E-state index in [1.165, 1.54) is 12.1 Å². The Morgan fingerprint density at radius 1 is 1.31 bits per heavy atom. The zero-order valence-corrected chi connectivity index (χ0v) is 12.8. The topological polar surface area (TPSA) is 101 Å². The van der Waals surface area contributed by atoms with Gasteiger partial charge >= 0.3 is 6.18 Å². The SMILES string of the molecule is O=C(C=C(O)c1cocc1Oc1cccc(C(F)(F)F)c1)c1ncn[nH]1. The number of ether oxygens (including phenoxy) is 1. The number of carbonyl (C=O) groups excluding carboxylic acids is 1. The minimum Gasteiger partial charge on any atom is -0.507 e. The lowest BCUT2D eigenvalue weighted by Gasteiger charge is -2.09. The molecule has 2 aromatic heterocycles. The van der Waals surface area contributed by atoms with E-state index in [2.05, 4.69) is 15.2 Å². The van der Waals surface area contributed by atoms with E-state index in [0.29, 0.717) is 0 Å². The lowest BCUT2D eigenvalue weighted by molar-refractivity contribution is -0.137. The van der Waals surface area contributed by atoms with Crippen molar-refractivity contribution in [1.29, 1.82) is 0 Å². The molecular formula is C16H10F3N3O4. The fraction of sp³-hybridized carbons (Fsp3) is 0.0625. The van der Waals surface area contributed by atoms with Gasteiger partial charge in [0, 0.05) is 6.08 Å². The molecule has 0 amide bonds. The van der Waals surface area contributed by atoms with Crippen LogP contribution in [0.4, 0.5) is 13.2 Å². The molecule has 0 radical (unpaired) electrons. The number of hydrogen-bond acceptors (Lipinski definition) is 6. The third-order valence-corrected chi connectivity index (χ3v) is 3.21. The van der Waals surface area contributed by atoms with Crippen molar-refractivity contribution >= 4 is 11.5 Å². The van der Waals surface area contributed by atoms with E-state index in [9.17, 15) is 23.1 Å². The fourth-order valence-corrected chi connectivity index (χ4v) is 2.01. The number of hydrogen-bond donors (Lipinski definition) is 2. The van der Waals surface area contributed by atoms with Crippen LogP contribution in [-0.4, -0.2) is 26.1 Å². The van der Waals surface area contributed by atoms with Crippen molar-refractivity contribution in [3.63, 3.8) is 0 Å². The molecule has 2 heterocycles. The number of H-pyrrole nitrogens is 1. The Labute approximate surface area is 143 Å². The highest BCUT2D eigenvalue weighted by Gasteiger charge is 2.30. The van der Waals surface area contributed by atoms with Gasteiger partial charge in [0.25, 0.3) is 0 Å². The molecule has 10 heteroatoms. The molecule has 0 unspecified atom stereocenters. The number of aliphatic hydroxyl groups is 1. The second kappa shape index (κ2) is 6.75. The van der Waals surface area contributed by atoms with Crippen molar-refractivity contribution in [3.05, 3.63) is 66.1 Å². The summed E-state index contributed by atoms with van der Waals surface area (Å²) in [5.41, 5.74) is -0.907. The first-order valence-corrected chi connectivity index (χ1v) is 7.06. The number of nitrogens with zero attached hydrogens (tertiary/aromatic N) is 2. The van der Waals surface area contributed by atoms with Crippen LogP contribution in [-0.2, 0) is 6.18 Å². The summed E-state index contributed by atoms with van der Waals surface area (Å²) in [7, 11) is 0. The van der Waals surface area contributed by atoms with Gasteiger partial charge in [0.05, 0.1) is 11.1 Å². The summed E-state index contributed by atoms with van der Waals surface area (Å²) in [6, 6.07) is 4.20. The van der Waals surface area contributed by atoms with Gasteiger partial charge in [-0.15, -0.1) is 0 Å². The van der Waals surface area contributed by atoms with Gasteiger partial charge in [0.2, 0.25) is 5.78 Å². The van der Waals surface area contributed by atoms with Gasteiger partial charge in [-0.1, -0.05) is 6.07 Å². The predicted octanol–water partition coefficient (Wildman–Crippen LogP) is 3.99. The van der Waals surface area contributed by atoms with Crippen LogP contribution < -0.4 is 4.74 Å². The van der Waals surface area contributed by atoms with Crippen LogP contribution in [0.5, 0.6) is 11.5 Å². The molecule has 0 saturated carbocycles. The maximum Gasteiger partial charge on any atom is 0.416 e. The maximum absolute atomic E-state index is 12.8. The molecule has 7 nitrogen and oxygen atoms in total. The number of ketones is 1. The third-order valence-electron chi connectivity index (χ3n) is 3.21. The maximum atomic E-state index is 12.8. The predicted molar refractivity (Wildman–Crippen MR) is 81.5 cm³/mol. The van der Waals surface area contributed by atoms with E-state index < -0.39 is 23.3 Å². The van der Waals surface area contributed by atoms with Gasteiger partial charge in [-0.05, 0) is 18.2 Å². The van der Waals surface area contributed by atoms with E-state index in [1.54, 1.807) is 0 Å². The average molecular weight is 365 g/mol. The van der Waals surface area contributed by atoms with Crippen LogP contribution in [0.15, 0.2) is 53.6 Å². The second-order valence-corrected chi connectivity index (χ2v) is 5.01. The van der Waals surface area contributed by atoms with E-state index in [-0.39, 0.29) is 22.9 Å². The van der Waals surface area contributed by atoms with Gasteiger partial charge in [-0.25, -0.2) is 4.98 Å². The monoisotopic (exact) mass is 365 g/mol.